The number of rotatable bonds is 5. The topological polar surface area (TPSA) is 68.3 Å². The van der Waals surface area contributed by atoms with Crippen molar-refractivity contribution < 1.29 is 18.0 Å². The zero-order valence-corrected chi connectivity index (χ0v) is 19.7. The van der Waals surface area contributed by atoms with Crippen molar-refractivity contribution in [3.8, 4) is 11.3 Å². The van der Waals surface area contributed by atoms with Crippen molar-refractivity contribution in [1.29, 1.82) is 0 Å². The molecule has 0 fully saturated rings. The third kappa shape index (κ3) is 4.37. The molecule has 1 amide bonds. The SMILES string of the molecule is CC(C)c1ccc(-c2cc(C(F)(F)F)n3ncc(C(=O)N(C)Cc4c(Cl)cnn4C)c3n2)cc1. The smallest absolute Gasteiger partial charge is 0.336 e. The van der Waals surface area contributed by atoms with Crippen LogP contribution in [0.2, 0.25) is 5.02 Å². The van der Waals surface area contributed by atoms with Gasteiger partial charge in [0.1, 0.15) is 5.56 Å². The number of aromatic nitrogens is 5. The highest BCUT2D eigenvalue weighted by Gasteiger charge is 2.36. The third-order valence-electron chi connectivity index (χ3n) is 5.61. The molecule has 0 N–H and O–H groups in total. The van der Waals surface area contributed by atoms with E-state index in [0.717, 1.165) is 17.8 Å². The summed E-state index contributed by atoms with van der Waals surface area (Å²) < 4.78 is 43.8. The minimum absolute atomic E-state index is 0.0491. The molecular weight excluding hydrogens is 469 g/mol. The van der Waals surface area contributed by atoms with E-state index in [1.54, 1.807) is 19.2 Å². The Morgan fingerprint density at radius 3 is 2.38 bits per heavy atom. The van der Waals surface area contributed by atoms with Crippen molar-refractivity contribution in [3.05, 3.63) is 70.3 Å². The van der Waals surface area contributed by atoms with Crippen LogP contribution in [0.25, 0.3) is 16.9 Å². The van der Waals surface area contributed by atoms with Gasteiger partial charge in [-0.25, -0.2) is 9.50 Å². The fraction of sp³-hybridized carbons (Fsp3) is 0.304. The van der Waals surface area contributed by atoms with Crippen molar-refractivity contribution >= 4 is 23.2 Å². The van der Waals surface area contributed by atoms with Crippen LogP contribution in [-0.2, 0) is 19.8 Å². The lowest BCUT2D eigenvalue weighted by Crippen LogP contribution is -2.27. The summed E-state index contributed by atoms with van der Waals surface area (Å²) in [6.07, 6.45) is -2.14. The Morgan fingerprint density at radius 1 is 1.15 bits per heavy atom. The van der Waals surface area contributed by atoms with Gasteiger partial charge in [-0.15, -0.1) is 0 Å². The van der Waals surface area contributed by atoms with Gasteiger partial charge in [-0.1, -0.05) is 49.7 Å². The number of alkyl halides is 3. The fourth-order valence-corrected chi connectivity index (χ4v) is 3.84. The van der Waals surface area contributed by atoms with Gasteiger partial charge in [0, 0.05) is 19.7 Å². The van der Waals surface area contributed by atoms with Crippen molar-refractivity contribution in [2.24, 2.45) is 7.05 Å². The summed E-state index contributed by atoms with van der Waals surface area (Å²) in [5, 5.41) is 8.25. The number of carbonyl (C=O) groups is 1. The quantitative estimate of drug-likeness (QED) is 0.386. The van der Waals surface area contributed by atoms with Crippen LogP contribution < -0.4 is 0 Å². The molecule has 3 aromatic heterocycles. The summed E-state index contributed by atoms with van der Waals surface area (Å²) in [7, 11) is 3.21. The first kappa shape index (κ1) is 23.7. The first-order valence-corrected chi connectivity index (χ1v) is 10.8. The number of aryl methyl sites for hydroxylation is 1. The Balaban J connectivity index is 1.79. The van der Waals surface area contributed by atoms with Gasteiger partial charge in [0.05, 0.1) is 35.3 Å². The van der Waals surface area contributed by atoms with Gasteiger partial charge < -0.3 is 4.90 Å². The molecule has 1 aromatic carbocycles. The molecule has 0 spiro atoms. The van der Waals surface area contributed by atoms with Crippen LogP contribution in [0.1, 0.15) is 47.1 Å². The van der Waals surface area contributed by atoms with Crippen LogP contribution in [-0.4, -0.2) is 42.2 Å². The normalized spacial score (nSPS) is 12.0. The van der Waals surface area contributed by atoms with Gasteiger partial charge in [0.2, 0.25) is 0 Å². The lowest BCUT2D eigenvalue weighted by molar-refractivity contribution is -0.142. The Hall–Kier alpha value is -3.40. The molecule has 11 heteroatoms. The van der Waals surface area contributed by atoms with E-state index >= 15 is 0 Å². The van der Waals surface area contributed by atoms with Gasteiger partial charge in [0.15, 0.2) is 11.3 Å². The van der Waals surface area contributed by atoms with Gasteiger partial charge in [-0.2, -0.15) is 23.4 Å². The molecule has 7 nitrogen and oxygen atoms in total. The lowest BCUT2D eigenvalue weighted by Gasteiger charge is -2.17. The Kier molecular flexibility index (Phi) is 6.11. The van der Waals surface area contributed by atoms with Gasteiger partial charge in [-0.05, 0) is 17.5 Å². The second-order valence-corrected chi connectivity index (χ2v) is 8.73. The highest BCUT2D eigenvalue weighted by molar-refractivity contribution is 6.31. The molecule has 0 saturated carbocycles. The molecule has 4 rings (SSSR count). The van der Waals surface area contributed by atoms with Crippen LogP contribution in [0.5, 0.6) is 0 Å². The first-order chi connectivity index (χ1) is 16.0. The highest BCUT2D eigenvalue weighted by Crippen LogP contribution is 2.33. The maximum atomic E-state index is 13.9. The van der Waals surface area contributed by atoms with E-state index < -0.39 is 17.8 Å². The number of hydrogen-bond donors (Lipinski definition) is 0. The number of benzene rings is 1. The average Bonchev–Trinajstić information content (AvgIpc) is 3.35. The second kappa shape index (κ2) is 8.75. The average molecular weight is 491 g/mol. The van der Waals surface area contributed by atoms with Gasteiger partial charge in [0.25, 0.3) is 5.91 Å². The van der Waals surface area contributed by atoms with Crippen LogP contribution in [0.15, 0.2) is 42.7 Å². The second-order valence-electron chi connectivity index (χ2n) is 8.32. The van der Waals surface area contributed by atoms with Crippen molar-refractivity contribution in [2.75, 3.05) is 7.05 Å². The molecule has 4 aromatic rings. The molecule has 0 radical (unpaired) electrons. The number of nitrogens with zero attached hydrogens (tertiary/aromatic N) is 6. The molecule has 0 atom stereocenters. The van der Waals surface area contributed by atoms with E-state index in [1.165, 1.54) is 22.8 Å². The molecule has 0 aliphatic rings. The molecule has 0 aliphatic heterocycles. The van der Waals surface area contributed by atoms with Crippen LogP contribution >= 0.6 is 11.6 Å². The maximum Gasteiger partial charge on any atom is 0.433 e. The lowest BCUT2D eigenvalue weighted by atomic mass is 10.0. The predicted octanol–water partition coefficient (Wildman–Crippen LogP) is 5.20. The van der Waals surface area contributed by atoms with E-state index in [2.05, 4.69) is 15.2 Å². The Morgan fingerprint density at radius 2 is 1.82 bits per heavy atom. The summed E-state index contributed by atoms with van der Waals surface area (Å²) in [6.45, 7) is 4.16. The summed E-state index contributed by atoms with van der Waals surface area (Å²) >= 11 is 6.13. The minimum Gasteiger partial charge on any atom is -0.336 e. The van der Waals surface area contributed by atoms with Crippen molar-refractivity contribution in [2.45, 2.75) is 32.5 Å². The zero-order chi connectivity index (χ0) is 24.8. The van der Waals surface area contributed by atoms with Crippen LogP contribution in [0.4, 0.5) is 13.2 Å². The van der Waals surface area contributed by atoms with E-state index in [9.17, 15) is 18.0 Å². The van der Waals surface area contributed by atoms with E-state index in [1.807, 2.05) is 26.0 Å². The molecule has 0 aliphatic carbocycles. The van der Waals surface area contributed by atoms with Crippen molar-refractivity contribution in [1.82, 2.24) is 29.3 Å². The van der Waals surface area contributed by atoms with Crippen LogP contribution in [0, 0.1) is 0 Å². The number of hydrogen-bond acceptors (Lipinski definition) is 4. The molecule has 0 bridgehead atoms. The molecular formula is C23H22ClF3N6O. The largest absolute Gasteiger partial charge is 0.433 e. The summed E-state index contributed by atoms with van der Waals surface area (Å²) in [5.41, 5.74) is 1.00. The molecule has 3 heterocycles. The van der Waals surface area contributed by atoms with E-state index in [4.69, 9.17) is 11.6 Å². The third-order valence-corrected chi connectivity index (χ3v) is 5.93. The molecule has 0 unspecified atom stereocenters. The van der Waals surface area contributed by atoms with Crippen LogP contribution in [0.3, 0.4) is 0 Å². The molecule has 178 valence electrons. The minimum atomic E-state index is -4.70. The van der Waals surface area contributed by atoms with Gasteiger partial charge >= 0.3 is 6.18 Å². The number of fused-ring (bicyclic) bond motifs is 1. The Bertz CT molecular complexity index is 1340. The van der Waals surface area contributed by atoms with E-state index in [-0.39, 0.29) is 29.4 Å². The molecule has 0 saturated heterocycles. The monoisotopic (exact) mass is 490 g/mol. The summed E-state index contributed by atoms with van der Waals surface area (Å²) in [6, 6.07) is 8.10. The first-order valence-electron chi connectivity index (χ1n) is 10.5. The maximum absolute atomic E-state index is 13.9. The molecule has 34 heavy (non-hydrogen) atoms. The summed E-state index contributed by atoms with van der Waals surface area (Å²) in [5.74, 6) is -0.266. The highest BCUT2D eigenvalue weighted by atomic mass is 35.5. The van der Waals surface area contributed by atoms with Gasteiger partial charge in [-0.3, -0.25) is 9.48 Å². The van der Waals surface area contributed by atoms with Crippen molar-refractivity contribution in [3.63, 3.8) is 0 Å². The number of amides is 1. The Labute approximate surface area is 198 Å². The standard InChI is InChI=1S/C23H22ClF3N6O/c1-13(2)14-5-7-15(8-6-14)18-9-20(23(25,26)27)33-21(30-18)16(10-29-33)22(34)31(3)12-19-17(24)11-28-32(19)4/h5-11,13H,12H2,1-4H3. The van der Waals surface area contributed by atoms with E-state index in [0.29, 0.717) is 20.8 Å². The zero-order valence-electron chi connectivity index (χ0n) is 18.9. The fourth-order valence-electron chi connectivity index (χ4n) is 3.62. The number of carbonyl (C=O) groups excluding carboxylic acids is 1. The summed E-state index contributed by atoms with van der Waals surface area (Å²) in [4.78, 5) is 18.9. The number of halogens is 4. The predicted molar refractivity (Wildman–Crippen MR) is 122 cm³/mol.